The summed E-state index contributed by atoms with van der Waals surface area (Å²) in [7, 11) is 3.24. The lowest BCUT2D eigenvalue weighted by atomic mass is 9.85. The molecule has 128 valence electrons. The highest BCUT2D eigenvalue weighted by Crippen LogP contribution is 2.30. The Morgan fingerprint density at radius 2 is 1.12 bits per heavy atom. The molecule has 0 aromatic heterocycles. The van der Waals surface area contributed by atoms with Crippen LogP contribution in [0.2, 0.25) is 0 Å². The fourth-order valence-electron chi connectivity index (χ4n) is 2.63. The highest BCUT2D eigenvalue weighted by atomic mass is 32.1. The van der Waals surface area contributed by atoms with E-state index in [1.54, 1.807) is 14.2 Å². The lowest BCUT2D eigenvalue weighted by Gasteiger charge is -2.21. The van der Waals surface area contributed by atoms with Gasteiger partial charge in [-0.3, -0.25) is 4.79 Å². The standard InChI is InChI=1S/C19H22O3S2/c1-21-15-7-3-13(4-8-15)17(11-23)19(20)18(12-24)14-5-9-16(22-2)10-6-14/h3-10,17-18,23-24H,11-12H2,1-2H3. The van der Waals surface area contributed by atoms with Crippen molar-refractivity contribution in [3.8, 4) is 11.5 Å². The molecular formula is C19H22O3S2. The van der Waals surface area contributed by atoms with Crippen LogP contribution in [0, 0.1) is 0 Å². The minimum atomic E-state index is -0.279. The Hall–Kier alpha value is -1.59. The molecule has 0 spiro atoms. The van der Waals surface area contributed by atoms with Gasteiger partial charge in [0.2, 0.25) is 0 Å². The minimum Gasteiger partial charge on any atom is -0.497 e. The number of thiol groups is 2. The van der Waals surface area contributed by atoms with Crippen molar-refractivity contribution in [1.29, 1.82) is 0 Å². The molecular weight excluding hydrogens is 340 g/mol. The number of hydrogen-bond donors (Lipinski definition) is 2. The van der Waals surface area contributed by atoms with Gasteiger partial charge in [0.1, 0.15) is 17.3 Å². The van der Waals surface area contributed by atoms with Gasteiger partial charge in [-0.05, 0) is 35.4 Å². The number of rotatable bonds is 8. The first-order valence-corrected chi connectivity index (χ1v) is 8.94. The van der Waals surface area contributed by atoms with E-state index in [1.807, 2.05) is 48.5 Å². The van der Waals surface area contributed by atoms with Crippen molar-refractivity contribution in [3.63, 3.8) is 0 Å². The summed E-state index contributed by atoms with van der Waals surface area (Å²) in [5, 5.41) is 0. The van der Waals surface area contributed by atoms with Gasteiger partial charge in [0.25, 0.3) is 0 Å². The van der Waals surface area contributed by atoms with Gasteiger partial charge in [-0.15, -0.1) is 0 Å². The molecule has 0 aliphatic rings. The SMILES string of the molecule is COc1ccc(C(CS)C(=O)C(CS)c2ccc(OC)cc2)cc1. The monoisotopic (exact) mass is 362 g/mol. The van der Waals surface area contributed by atoms with E-state index in [-0.39, 0.29) is 17.6 Å². The molecule has 0 radical (unpaired) electrons. The second-order valence-corrected chi connectivity index (χ2v) is 6.15. The van der Waals surface area contributed by atoms with Crippen molar-refractivity contribution < 1.29 is 14.3 Å². The second kappa shape index (κ2) is 9.04. The Balaban J connectivity index is 2.25. The van der Waals surface area contributed by atoms with E-state index < -0.39 is 0 Å². The Morgan fingerprint density at radius 3 is 1.38 bits per heavy atom. The predicted octanol–water partition coefficient (Wildman–Crippen LogP) is 4.00. The third-order valence-electron chi connectivity index (χ3n) is 4.09. The average molecular weight is 363 g/mol. The molecule has 2 rings (SSSR count). The molecule has 0 amide bonds. The zero-order valence-corrected chi connectivity index (χ0v) is 15.6. The smallest absolute Gasteiger partial charge is 0.149 e. The molecule has 2 unspecified atom stereocenters. The van der Waals surface area contributed by atoms with Gasteiger partial charge in [0.15, 0.2) is 0 Å². The van der Waals surface area contributed by atoms with Crippen LogP contribution >= 0.6 is 25.3 Å². The maximum absolute atomic E-state index is 13.1. The molecule has 0 heterocycles. The van der Waals surface area contributed by atoms with Crippen LogP contribution < -0.4 is 9.47 Å². The summed E-state index contributed by atoms with van der Waals surface area (Å²) in [5.74, 6) is 2.00. The molecule has 0 fully saturated rings. The van der Waals surface area contributed by atoms with Crippen molar-refractivity contribution in [2.24, 2.45) is 0 Å². The summed E-state index contributed by atoms with van der Waals surface area (Å²) in [6, 6.07) is 15.1. The molecule has 24 heavy (non-hydrogen) atoms. The molecule has 2 aromatic carbocycles. The third-order valence-corrected chi connectivity index (χ3v) is 4.82. The lowest BCUT2D eigenvalue weighted by Crippen LogP contribution is -2.23. The van der Waals surface area contributed by atoms with E-state index in [2.05, 4.69) is 25.3 Å². The van der Waals surface area contributed by atoms with Crippen molar-refractivity contribution in [2.75, 3.05) is 25.7 Å². The fraction of sp³-hybridized carbons (Fsp3) is 0.316. The predicted molar refractivity (Wildman–Crippen MR) is 104 cm³/mol. The highest BCUT2D eigenvalue weighted by Gasteiger charge is 2.27. The van der Waals surface area contributed by atoms with Gasteiger partial charge in [-0.2, -0.15) is 25.3 Å². The van der Waals surface area contributed by atoms with Crippen LogP contribution in [0.5, 0.6) is 11.5 Å². The molecule has 0 bridgehead atoms. The van der Waals surface area contributed by atoms with E-state index in [0.717, 1.165) is 22.6 Å². The van der Waals surface area contributed by atoms with E-state index >= 15 is 0 Å². The van der Waals surface area contributed by atoms with Crippen LogP contribution in [0.1, 0.15) is 23.0 Å². The molecule has 0 aliphatic heterocycles. The number of methoxy groups -OCH3 is 2. The van der Waals surface area contributed by atoms with E-state index in [0.29, 0.717) is 11.5 Å². The topological polar surface area (TPSA) is 35.5 Å². The molecule has 0 saturated heterocycles. The van der Waals surface area contributed by atoms with Crippen LogP contribution in [-0.2, 0) is 4.79 Å². The van der Waals surface area contributed by atoms with Gasteiger partial charge in [0, 0.05) is 11.5 Å². The number of ketones is 1. The molecule has 2 atom stereocenters. The number of Topliss-reactive ketones (excluding diaryl/α,β-unsaturated/α-hetero) is 1. The van der Waals surface area contributed by atoms with E-state index in [9.17, 15) is 4.79 Å². The van der Waals surface area contributed by atoms with Gasteiger partial charge in [0.05, 0.1) is 26.1 Å². The number of ether oxygens (including phenoxy) is 2. The number of carbonyl (C=O) groups excluding carboxylic acids is 1. The third kappa shape index (κ3) is 4.28. The molecule has 0 N–H and O–H groups in total. The first-order valence-electron chi connectivity index (χ1n) is 7.68. The van der Waals surface area contributed by atoms with Gasteiger partial charge in [-0.25, -0.2) is 0 Å². The summed E-state index contributed by atoms with van der Waals surface area (Å²) in [5.41, 5.74) is 1.88. The van der Waals surface area contributed by atoms with Gasteiger partial charge >= 0.3 is 0 Å². The van der Waals surface area contributed by atoms with Crippen LogP contribution in [0.25, 0.3) is 0 Å². The molecule has 0 saturated carbocycles. The normalized spacial score (nSPS) is 13.2. The Morgan fingerprint density at radius 1 is 0.792 bits per heavy atom. The van der Waals surface area contributed by atoms with Crippen LogP contribution in [-0.4, -0.2) is 31.5 Å². The first-order chi connectivity index (χ1) is 11.6. The average Bonchev–Trinajstić information content (AvgIpc) is 2.64. The van der Waals surface area contributed by atoms with Gasteiger partial charge < -0.3 is 9.47 Å². The zero-order valence-electron chi connectivity index (χ0n) is 13.8. The zero-order chi connectivity index (χ0) is 17.5. The largest absolute Gasteiger partial charge is 0.497 e. The molecule has 5 heteroatoms. The molecule has 3 nitrogen and oxygen atoms in total. The maximum atomic E-state index is 13.1. The summed E-state index contributed by atoms with van der Waals surface area (Å²) >= 11 is 8.79. The summed E-state index contributed by atoms with van der Waals surface area (Å²) in [6.45, 7) is 0. The van der Waals surface area contributed by atoms with Crippen molar-refractivity contribution in [2.45, 2.75) is 11.8 Å². The minimum absolute atomic E-state index is 0.121. The maximum Gasteiger partial charge on any atom is 0.149 e. The Labute approximate surface area is 154 Å². The first kappa shape index (κ1) is 18.7. The number of carbonyl (C=O) groups is 1. The molecule has 0 aliphatic carbocycles. The van der Waals surface area contributed by atoms with Crippen LogP contribution in [0.4, 0.5) is 0 Å². The van der Waals surface area contributed by atoms with Crippen LogP contribution in [0.15, 0.2) is 48.5 Å². The molecule has 2 aromatic rings. The number of benzene rings is 2. The van der Waals surface area contributed by atoms with Crippen molar-refractivity contribution in [1.82, 2.24) is 0 Å². The van der Waals surface area contributed by atoms with E-state index in [1.165, 1.54) is 0 Å². The second-order valence-electron chi connectivity index (χ2n) is 5.42. The summed E-state index contributed by atoms with van der Waals surface area (Å²) in [6.07, 6.45) is 0. The van der Waals surface area contributed by atoms with Crippen molar-refractivity contribution in [3.05, 3.63) is 59.7 Å². The quantitative estimate of drug-likeness (QED) is 0.697. The highest BCUT2D eigenvalue weighted by molar-refractivity contribution is 7.80. The van der Waals surface area contributed by atoms with Gasteiger partial charge in [-0.1, -0.05) is 24.3 Å². The summed E-state index contributed by atoms with van der Waals surface area (Å²) in [4.78, 5) is 13.1. The Kier molecular flexibility index (Phi) is 7.06. The van der Waals surface area contributed by atoms with Crippen molar-refractivity contribution >= 4 is 31.0 Å². The summed E-state index contributed by atoms with van der Waals surface area (Å²) < 4.78 is 10.3. The fourth-order valence-corrected chi connectivity index (χ4v) is 3.42. The lowest BCUT2D eigenvalue weighted by molar-refractivity contribution is -0.121. The Bertz CT molecular complexity index is 596. The van der Waals surface area contributed by atoms with E-state index in [4.69, 9.17) is 9.47 Å². The number of hydrogen-bond acceptors (Lipinski definition) is 5. The van der Waals surface area contributed by atoms with Crippen LogP contribution in [0.3, 0.4) is 0 Å².